The summed E-state index contributed by atoms with van der Waals surface area (Å²) in [6, 6.07) is 3.78. The normalized spacial score (nSPS) is 25.3. The van der Waals surface area contributed by atoms with Crippen LogP contribution in [-0.2, 0) is 26.0 Å². The van der Waals surface area contributed by atoms with Gasteiger partial charge in [-0.25, -0.2) is 21.6 Å². The van der Waals surface area contributed by atoms with Gasteiger partial charge in [0.05, 0.1) is 22.0 Å². The van der Waals surface area contributed by atoms with Gasteiger partial charge >= 0.3 is 6.18 Å². The van der Waals surface area contributed by atoms with Gasteiger partial charge in [-0.2, -0.15) is 13.2 Å². The molecule has 0 amide bonds. The molecule has 0 radical (unpaired) electrons. The molecule has 1 atom stereocenters. The van der Waals surface area contributed by atoms with Crippen LogP contribution in [0.2, 0.25) is 0 Å². The topological polar surface area (TPSA) is 80.3 Å². The van der Waals surface area contributed by atoms with Crippen molar-refractivity contribution in [2.45, 2.75) is 30.0 Å². The summed E-state index contributed by atoms with van der Waals surface area (Å²) in [5, 5.41) is 0. The Hall–Kier alpha value is -1.13. The van der Waals surface area contributed by atoms with Crippen LogP contribution in [0.25, 0.3) is 0 Å². The SMILES string of the molecule is C[C@@]1(NS(=O)(=O)c2ccccc2C(F)(F)F)CCS(=O)(=O)C1. The zero-order valence-electron chi connectivity index (χ0n) is 11.5. The lowest BCUT2D eigenvalue weighted by molar-refractivity contribution is -0.139. The summed E-state index contributed by atoms with van der Waals surface area (Å²) in [7, 11) is -7.90. The molecule has 1 aromatic carbocycles. The zero-order chi connectivity index (χ0) is 16.8. The third-order valence-corrected chi connectivity index (χ3v) is 6.97. The van der Waals surface area contributed by atoms with Crippen LogP contribution in [0.4, 0.5) is 13.2 Å². The molecule has 10 heteroatoms. The van der Waals surface area contributed by atoms with Crippen molar-refractivity contribution in [3.05, 3.63) is 29.8 Å². The van der Waals surface area contributed by atoms with E-state index in [2.05, 4.69) is 4.72 Å². The lowest BCUT2D eigenvalue weighted by Gasteiger charge is -2.24. The molecule has 1 heterocycles. The van der Waals surface area contributed by atoms with Gasteiger partial charge < -0.3 is 0 Å². The third-order valence-electron chi connectivity index (χ3n) is 3.37. The van der Waals surface area contributed by atoms with Gasteiger partial charge in [-0.1, -0.05) is 12.1 Å². The number of alkyl halides is 3. The van der Waals surface area contributed by atoms with Gasteiger partial charge in [0, 0.05) is 5.54 Å². The number of sulfone groups is 1. The highest BCUT2D eigenvalue weighted by Gasteiger charge is 2.43. The van der Waals surface area contributed by atoms with Crippen molar-refractivity contribution in [3.63, 3.8) is 0 Å². The van der Waals surface area contributed by atoms with E-state index >= 15 is 0 Å². The molecule has 0 spiro atoms. The first kappa shape index (κ1) is 17.2. The lowest BCUT2D eigenvalue weighted by Crippen LogP contribution is -2.47. The summed E-state index contributed by atoms with van der Waals surface area (Å²) in [6.07, 6.45) is -4.81. The van der Waals surface area contributed by atoms with Gasteiger partial charge in [0.25, 0.3) is 0 Å². The number of hydrogen-bond acceptors (Lipinski definition) is 4. The summed E-state index contributed by atoms with van der Waals surface area (Å²) in [5.41, 5.74) is -2.59. The van der Waals surface area contributed by atoms with Crippen LogP contribution in [0.1, 0.15) is 18.9 Å². The van der Waals surface area contributed by atoms with Crippen LogP contribution in [0.15, 0.2) is 29.2 Å². The summed E-state index contributed by atoms with van der Waals surface area (Å²) in [4.78, 5) is -0.909. The smallest absolute Gasteiger partial charge is 0.229 e. The van der Waals surface area contributed by atoms with Crippen molar-refractivity contribution in [3.8, 4) is 0 Å². The van der Waals surface area contributed by atoms with Crippen molar-refractivity contribution >= 4 is 19.9 Å². The molecule has 0 aromatic heterocycles. The molecular formula is C12H14F3NO4S2. The molecule has 1 aliphatic heterocycles. The highest BCUT2D eigenvalue weighted by Crippen LogP contribution is 2.35. The van der Waals surface area contributed by atoms with E-state index in [0.29, 0.717) is 6.07 Å². The van der Waals surface area contributed by atoms with E-state index in [1.54, 1.807) is 0 Å². The van der Waals surface area contributed by atoms with Gasteiger partial charge in [0.2, 0.25) is 10.0 Å². The van der Waals surface area contributed by atoms with Crippen LogP contribution in [-0.4, -0.2) is 33.9 Å². The maximum Gasteiger partial charge on any atom is 0.417 e. The predicted molar refractivity (Wildman–Crippen MR) is 73.4 cm³/mol. The van der Waals surface area contributed by atoms with E-state index in [1.165, 1.54) is 13.0 Å². The van der Waals surface area contributed by atoms with Crippen LogP contribution < -0.4 is 4.72 Å². The average Bonchev–Trinajstić information content (AvgIpc) is 2.61. The van der Waals surface area contributed by atoms with Crippen molar-refractivity contribution in [1.82, 2.24) is 4.72 Å². The minimum atomic E-state index is -4.83. The van der Waals surface area contributed by atoms with Crippen LogP contribution in [0.3, 0.4) is 0 Å². The van der Waals surface area contributed by atoms with Crippen molar-refractivity contribution in [2.24, 2.45) is 0 Å². The Morgan fingerprint density at radius 3 is 2.32 bits per heavy atom. The van der Waals surface area contributed by atoms with Crippen molar-refractivity contribution in [1.29, 1.82) is 0 Å². The molecule has 0 bridgehead atoms. The quantitative estimate of drug-likeness (QED) is 0.890. The van der Waals surface area contributed by atoms with Gasteiger partial charge in [-0.3, -0.25) is 0 Å². The standard InChI is InChI=1S/C12H14F3NO4S2/c1-11(6-7-21(17,18)8-11)16-22(19,20)10-5-3-2-4-9(10)12(13,14)15/h2-5,16H,6-8H2,1H3/t11-/m1/s1. The van der Waals surface area contributed by atoms with Crippen molar-refractivity contribution in [2.75, 3.05) is 11.5 Å². The van der Waals surface area contributed by atoms with Gasteiger partial charge in [-0.05, 0) is 25.5 Å². The Bertz CT molecular complexity index is 787. The Balaban J connectivity index is 2.41. The first-order valence-corrected chi connectivity index (χ1v) is 9.56. The van der Waals surface area contributed by atoms with E-state index in [-0.39, 0.29) is 12.2 Å². The molecule has 1 aliphatic rings. The summed E-state index contributed by atoms with van der Waals surface area (Å²) < 4.78 is 88.4. The zero-order valence-corrected chi connectivity index (χ0v) is 13.1. The summed E-state index contributed by atoms with van der Waals surface area (Å²) in [6.45, 7) is 1.37. The number of benzene rings is 1. The number of sulfonamides is 1. The van der Waals surface area contributed by atoms with E-state index in [0.717, 1.165) is 12.1 Å². The second-order valence-corrected chi connectivity index (χ2v) is 9.34. The van der Waals surface area contributed by atoms with Crippen LogP contribution >= 0.6 is 0 Å². The van der Waals surface area contributed by atoms with Crippen molar-refractivity contribution < 1.29 is 30.0 Å². The second-order valence-electron chi connectivity index (χ2n) is 5.50. The minimum absolute atomic E-state index is 0.0166. The fourth-order valence-electron chi connectivity index (χ4n) is 2.41. The maximum atomic E-state index is 12.9. The maximum absolute atomic E-state index is 12.9. The molecule has 0 saturated carbocycles. The first-order valence-electron chi connectivity index (χ1n) is 6.25. The highest BCUT2D eigenvalue weighted by molar-refractivity contribution is 7.92. The summed E-state index contributed by atoms with van der Waals surface area (Å²) in [5.74, 6) is -0.639. The third kappa shape index (κ3) is 3.61. The lowest BCUT2D eigenvalue weighted by atomic mass is 10.0. The van der Waals surface area contributed by atoms with Gasteiger partial charge in [-0.15, -0.1) is 0 Å². The fourth-order valence-corrected chi connectivity index (χ4v) is 6.25. The molecule has 22 heavy (non-hydrogen) atoms. The largest absolute Gasteiger partial charge is 0.417 e. The summed E-state index contributed by atoms with van der Waals surface area (Å²) >= 11 is 0. The average molecular weight is 357 g/mol. The Kier molecular flexibility index (Phi) is 4.08. The molecular weight excluding hydrogens is 343 g/mol. The molecule has 1 fully saturated rings. The van der Waals surface area contributed by atoms with Gasteiger partial charge in [0.1, 0.15) is 0 Å². The minimum Gasteiger partial charge on any atom is -0.229 e. The fraction of sp³-hybridized carbons (Fsp3) is 0.500. The Morgan fingerprint density at radius 1 is 1.23 bits per heavy atom. The molecule has 124 valence electrons. The van der Waals surface area contributed by atoms with E-state index < -0.39 is 47.8 Å². The number of halogens is 3. The molecule has 5 nitrogen and oxygen atoms in total. The molecule has 2 rings (SSSR count). The molecule has 0 aliphatic carbocycles. The van der Waals surface area contributed by atoms with E-state index in [4.69, 9.17) is 0 Å². The first-order chi connectivity index (χ1) is 9.85. The number of rotatable bonds is 3. The predicted octanol–water partition coefficient (Wildman–Crippen LogP) is 1.56. The Morgan fingerprint density at radius 2 is 1.82 bits per heavy atom. The van der Waals surface area contributed by atoms with Gasteiger partial charge in [0.15, 0.2) is 9.84 Å². The molecule has 0 unspecified atom stereocenters. The van der Waals surface area contributed by atoms with E-state index in [9.17, 15) is 30.0 Å². The highest BCUT2D eigenvalue weighted by atomic mass is 32.2. The monoisotopic (exact) mass is 357 g/mol. The molecule has 1 saturated heterocycles. The van der Waals surface area contributed by atoms with Crippen LogP contribution in [0.5, 0.6) is 0 Å². The number of hydrogen-bond donors (Lipinski definition) is 1. The molecule has 1 aromatic rings. The number of nitrogens with one attached hydrogen (secondary N) is 1. The molecule has 1 N–H and O–H groups in total. The van der Waals surface area contributed by atoms with Crippen LogP contribution in [0, 0.1) is 0 Å². The Labute approximate surface area is 126 Å². The van der Waals surface area contributed by atoms with E-state index in [1.807, 2.05) is 0 Å². The second kappa shape index (κ2) is 5.20.